The van der Waals surface area contributed by atoms with Gasteiger partial charge in [-0.2, -0.15) is 0 Å². The van der Waals surface area contributed by atoms with Gasteiger partial charge >= 0.3 is 0 Å². The first-order valence-corrected chi connectivity index (χ1v) is 8.53. The standard InChI is InChI=1S/C17H24BrF2N/c1-10(2)11-4-5-12(9-21-3)13(8-11)16-15(19)7-6-14(18)17(16)20/h6-7,10-13,21H,4-5,8-9H2,1-3H3. The van der Waals surface area contributed by atoms with Crippen LogP contribution in [0.5, 0.6) is 0 Å². The third-order valence-electron chi connectivity index (χ3n) is 4.89. The van der Waals surface area contributed by atoms with Crippen molar-refractivity contribution in [2.75, 3.05) is 13.6 Å². The summed E-state index contributed by atoms with van der Waals surface area (Å²) in [6, 6.07) is 2.82. The van der Waals surface area contributed by atoms with E-state index in [0.29, 0.717) is 22.2 Å². The predicted molar refractivity (Wildman–Crippen MR) is 86.4 cm³/mol. The molecule has 118 valence electrons. The SMILES string of the molecule is CNCC1CCC(C(C)C)CC1c1c(F)ccc(Br)c1F. The number of hydrogen-bond donors (Lipinski definition) is 1. The molecular weight excluding hydrogens is 336 g/mol. The molecule has 0 spiro atoms. The van der Waals surface area contributed by atoms with Crippen LogP contribution in [0.4, 0.5) is 8.78 Å². The van der Waals surface area contributed by atoms with Gasteiger partial charge in [0.15, 0.2) is 0 Å². The Labute approximate surface area is 134 Å². The quantitative estimate of drug-likeness (QED) is 0.737. The fraction of sp³-hybridized carbons (Fsp3) is 0.647. The van der Waals surface area contributed by atoms with E-state index in [1.165, 1.54) is 12.1 Å². The lowest BCUT2D eigenvalue weighted by Crippen LogP contribution is -2.33. The molecule has 0 aromatic heterocycles. The van der Waals surface area contributed by atoms with Crippen LogP contribution in [0.1, 0.15) is 44.6 Å². The van der Waals surface area contributed by atoms with Crippen molar-refractivity contribution in [3.8, 4) is 0 Å². The molecule has 1 aliphatic carbocycles. The molecule has 3 atom stereocenters. The maximum absolute atomic E-state index is 14.5. The predicted octanol–water partition coefficient (Wildman–Crippen LogP) is 5.10. The van der Waals surface area contributed by atoms with E-state index in [1.807, 2.05) is 7.05 Å². The molecule has 1 aromatic rings. The lowest BCUT2D eigenvalue weighted by atomic mass is 9.68. The lowest BCUT2D eigenvalue weighted by Gasteiger charge is -2.38. The zero-order valence-electron chi connectivity index (χ0n) is 12.9. The first-order chi connectivity index (χ1) is 9.95. The first-order valence-electron chi connectivity index (χ1n) is 7.73. The molecule has 3 unspecified atom stereocenters. The van der Waals surface area contributed by atoms with E-state index in [-0.39, 0.29) is 11.5 Å². The molecule has 0 bridgehead atoms. The molecular formula is C17H24BrF2N. The topological polar surface area (TPSA) is 12.0 Å². The van der Waals surface area contributed by atoms with Gasteiger partial charge in [-0.15, -0.1) is 0 Å². The van der Waals surface area contributed by atoms with Crippen molar-refractivity contribution in [1.29, 1.82) is 0 Å². The maximum Gasteiger partial charge on any atom is 0.143 e. The highest BCUT2D eigenvalue weighted by Crippen LogP contribution is 2.45. The zero-order valence-corrected chi connectivity index (χ0v) is 14.5. The minimum Gasteiger partial charge on any atom is -0.319 e. The van der Waals surface area contributed by atoms with Crippen LogP contribution in [-0.4, -0.2) is 13.6 Å². The Hall–Kier alpha value is -0.480. The molecule has 1 aliphatic rings. The number of rotatable bonds is 4. The second-order valence-electron chi connectivity index (χ2n) is 6.50. The Balaban J connectivity index is 2.38. The largest absolute Gasteiger partial charge is 0.319 e. The molecule has 0 amide bonds. The van der Waals surface area contributed by atoms with Crippen molar-refractivity contribution in [1.82, 2.24) is 5.32 Å². The van der Waals surface area contributed by atoms with Crippen molar-refractivity contribution >= 4 is 15.9 Å². The van der Waals surface area contributed by atoms with Crippen LogP contribution in [0.3, 0.4) is 0 Å². The smallest absolute Gasteiger partial charge is 0.143 e. The monoisotopic (exact) mass is 359 g/mol. The van der Waals surface area contributed by atoms with E-state index in [2.05, 4.69) is 35.1 Å². The van der Waals surface area contributed by atoms with Crippen LogP contribution in [-0.2, 0) is 0 Å². The molecule has 4 heteroatoms. The highest BCUT2D eigenvalue weighted by atomic mass is 79.9. The van der Waals surface area contributed by atoms with Crippen LogP contribution in [0, 0.1) is 29.4 Å². The van der Waals surface area contributed by atoms with Crippen LogP contribution >= 0.6 is 15.9 Å². The number of benzene rings is 1. The summed E-state index contributed by atoms with van der Waals surface area (Å²) < 4.78 is 29.1. The molecule has 21 heavy (non-hydrogen) atoms. The Morgan fingerprint density at radius 3 is 2.62 bits per heavy atom. The van der Waals surface area contributed by atoms with E-state index in [9.17, 15) is 8.78 Å². The Morgan fingerprint density at radius 1 is 1.29 bits per heavy atom. The molecule has 1 aromatic carbocycles. The van der Waals surface area contributed by atoms with E-state index in [0.717, 1.165) is 25.8 Å². The second-order valence-corrected chi connectivity index (χ2v) is 7.35. The molecule has 1 nitrogen and oxygen atoms in total. The summed E-state index contributed by atoms with van der Waals surface area (Å²) in [5.74, 6) is 0.512. The summed E-state index contributed by atoms with van der Waals surface area (Å²) in [5, 5.41) is 3.18. The molecule has 0 heterocycles. The first kappa shape index (κ1) is 16.9. The van der Waals surface area contributed by atoms with Crippen molar-refractivity contribution < 1.29 is 8.78 Å². The van der Waals surface area contributed by atoms with Crippen LogP contribution in [0.2, 0.25) is 0 Å². The third kappa shape index (κ3) is 3.65. The van der Waals surface area contributed by atoms with E-state index >= 15 is 0 Å². The number of halogens is 3. The minimum absolute atomic E-state index is 0.0453. The molecule has 1 fully saturated rings. The van der Waals surface area contributed by atoms with Gasteiger partial charge < -0.3 is 5.32 Å². The highest BCUT2D eigenvalue weighted by molar-refractivity contribution is 9.10. The zero-order chi connectivity index (χ0) is 15.6. The van der Waals surface area contributed by atoms with Gasteiger partial charge in [0, 0.05) is 5.56 Å². The average Bonchev–Trinajstić information content (AvgIpc) is 2.45. The van der Waals surface area contributed by atoms with Gasteiger partial charge in [0.25, 0.3) is 0 Å². The van der Waals surface area contributed by atoms with Crippen molar-refractivity contribution in [3.63, 3.8) is 0 Å². The fourth-order valence-electron chi connectivity index (χ4n) is 3.61. The molecule has 2 rings (SSSR count). The summed E-state index contributed by atoms with van der Waals surface area (Å²) in [5.41, 5.74) is 0.273. The van der Waals surface area contributed by atoms with Gasteiger partial charge in [0.2, 0.25) is 0 Å². The second kappa shape index (κ2) is 7.19. The summed E-state index contributed by atoms with van der Waals surface area (Å²) in [4.78, 5) is 0. The van der Waals surface area contributed by atoms with E-state index in [4.69, 9.17) is 0 Å². The van der Waals surface area contributed by atoms with E-state index < -0.39 is 11.6 Å². The van der Waals surface area contributed by atoms with Crippen LogP contribution < -0.4 is 5.32 Å². The summed E-state index contributed by atoms with van der Waals surface area (Å²) in [6.45, 7) is 5.21. The van der Waals surface area contributed by atoms with Gasteiger partial charge in [-0.25, -0.2) is 8.78 Å². The summed E-state index contributed by atoms with van der Waals surface area (Å²) in [7, 11) is 1.90. The lowest BCUT2D eigenvalue weighted by molar-refractivity contribution is 0.187. The van der Waals surface area contributed by atoms with Gasteiger partial charge in [-0.3, -0.25) is 0 Å². The number of nitrogens with one attached hydrogen (secondary N) is 1. The van der Waals surface area contributed by atoms with Crippen molar-refractivity contribution in [2.24, 2.45) is 17.8 Å². The molecule has 1 saturated carbocycles. The molecule has 0 radical (unpaired) electrons. The highest BCUT2D eigenvalue weighted by Gasteiger charge is 2.35. The molecule has 0 aliphatic heterocycles. The van der Waals surface area contributed by atoms with Gasteiger partial charge in [-0.05, 0) is 84.6 Å². The summed E-state index contributed by atoms with van der Waals surface area (Å²) in [6.07, 6.45) is 3.05. The Bertz CT molecular complexity index is 490. The van der Waals surface area contributed by atoms with E-state index in [1.54, 1.807) is 0 Å². The molecule has 0 saturated heterocycles. The Kier molecular flexibility index (Phi) is 5.78. The molecule has 1 N–H and O–H groups in total. The number of hydrogen-bond acceptors (Lipinski definition) is 1. The third-order valence-corrected chi connectivity index (χ3v) is 5.51. The Morgan fingerprint density at radius 2 is 2.00 bits per heavy atom. The van der Waals surface area contributed by atoms with Crippen molar-refractivity contribution in [2.45, 2.75) is 39.0 Å². The fourth-order valence-corrected chi connectivity index (χ4v) is 3.96. The van der Waals surface area contributed by atoms with Crippen molar-refractivity contribution in [3.05, 3.63) is 33.8 Å². The maximum atomic E-state index is 14.5. The van der Waals surface area contributed by atoms with Gasteiger partial charge in [0.1, 0.15) is 11.6 Å². The average molecular weight is 360 g/mol. The van der Waals surface area contributed by atoms with Crippen LogP contribution in [0.15, 0.2) is 16.6 Å². The summed E-state index contributed by atoms with van der Waals surface area (Å²) >= 11 is 3.19. The van der Waals surface area contributed by atoms with Gasteiger partial charge in [0.05, 0.1) is 4.47 Å². The normalized spacial score (nSPS) is 26.3. The minimum atomic E-state index is -0.425. The van der Waals surface area contributed by atoms with Gasteiger partial charge in [-0.1, -0.05) is 13.8 Å². The van der Waals surface area contributed by atoms with Crippen LogP contribution in [0.25, 0.3) is 0 Å².